The smallest absolute Gasteiger partial charge is 0.240 e. The minimum atomic E-state index is 0.486. The molecular weight excluding hydrogens is 334 g/mol. The van der Waals surface area contributed by atoms with Gasteiger partial charge in [-0.15, -0.1) is 11.7 Å². The minimum absolute atomic E-state index is 0.486. The van der Waals surface area contributed by atoms with Crippen molar-refractivity contribution in [3.63, 3.8) is 0 Å². The van der Waals surface area contributed by atoms with Gasteiger partial charge in [0.2, 0.25) is 11.1 Å². The van der Waals surface area contributed by atoms with Gasteiger partial charge in [-0.2, -0.15) is 10.1 Å². The van der Waals surface area contributed by atoms with Crippen molar-refractivity contribution in [1.82, 2.24) is 15.2 Å². The number of hydrazone groups is 1. The Morgan fingerprint density at radius 3 is 2.84 bits per heavy atom. The van der Waals surface area contributed by atoms with Crippen molar-refractivity contribution >= 4 is 23.9 Å². The first kappa shape index (κ1) is 16.8. The van der Waals surface area contributed by atoms with E-state index in [9.17, 15) is 0 Å². The number of hydrogen-bond donors (Lipinski definition) is 2. The molecule has 3 aromatic rings. The van der Waals surface area contributed by atoms with Crippen LogP contribution in [-0.2, 0) is 0 Å². The van der Waals surface area contributed by atoms with Gasteiger partial charge in [-0.1, -0.05) is 48.2 Å². The number of H-pyrrole nitrogens is 1. The molecule has 1 heterocycles. The lowest BCUT2D eigenvalue weighted by Gasteiger charge is -2.05. The van der Waals surface area contributed by atoms with E-state index in [-0.39, 0.29) is 0 Å². The predicted octanol–water partition coefficient (Wildman–Crippen LogP) is 4.32. The van der Waals surface area contributed by atoms with Crippen molar-refractivity contribution in [1.29, 1.82) is 0 Å². The summed E-state index contributed by atoms with van der Waals surface area (Å²) in [6.45, 7) is 3.66. The summed E-state index contributed by atoms with van der Waals surface area (Å²) in [6.07, 6.45) is 3.49. The van der Waals surface area contributed by atoms with Crippen molar-refractivity contribution < 1.29 is 4.74 Å². The van der Waals surface area contributed by atoms with E-state index in [1.165, 1.54) is 11.8 Å². The number of aromatic nitrogens is 3. The molecule has 0 radical (unpaired) electrons. The molecule has 0 spiro atoms. The van der Waals surface area contributed by atoms with Gasteiger partial charge in [-0.3, -0.25) is 0 Å². The van der Waals surface area contributed by atoms with E-state index in [2.05, 4.69) is 32.3 Å². The Bertz CT molecular complexity index is 847. The van der Waals surface area contributed by atoms with E-state index < -0.39 is 0 Å². The van der Waals surface area contributed by atoms with Crippen LogP contribution >= 0.6 is 11.8 Å². The normalized spacial score (nSPS) is 10.7. The van der Waals surface area contributed by atoms with E-state index in [0.717, 1.165) is 22.8 Å². The number of nitrogens with one attached hydrogen (secondary N) is 2. The van der Waals surface area contributed by atoms with Crippen molar-refractivity contribution in [2.45, 2.75) is 5.16 Å². The number of rotatable bonds is 8. The number of para-hydroxylation sites is 1. The lowest BCUT2D eigenvalue weighted by atomic mass is 10.2. The summed E-state index contributed by atoms with van der Waals surface area (Å²) < 4.78 is 5.80. The fraction of sp³-hybridized carbons (Fsp3) is 0.0556. The zero-order valence-electron chi connectivity index (χ0n) is 13.4. The van der Waals surface area contributed by atoms with Crippen molar-refractivity contribution in [3.05, 3.63) is 72.8 Å². The van der Waals surface area contributed by atoms with Gasteiger partial charge in [-0.05, 0) is 29.8 Å². The summed E-state index contributed by atoms with van der Waals surface area (Å²) in [5.74, 6) is 2.78. The van der Waals surface area contributed by atoms with E-state index in [1.807, 2.05) is 54.6 Å². The number of ether oxygens (including phenoxy) is 1. The van der Waals surface area contributed by atoms with Gasteiger partial charge < -0.3 is 4.74 Å². The van der Waals surface area contributed by atoms with Crippen LogP contribution < -0.4 is 10.2 Å². The number of thioether (sulfide) groups is 1. The van der Waals surface area contributed by atoms with E-state index in [1.54, 1.807) is 12.3 Å². The molecule has 0 atom stereocenters. The molecule has 0 unspecified atom stereocenters. The largest absolute Gasteiger partial charge is 0.457 e. The third-order valence-corrected chi connectivity index (χ3v) is 3.86. The van der Waals surface area contributed by atoms with Gasteiger partial charge >= 0.3 is 0 Å². The van der Waals surface area contributed by atoms with Crippen LogP contribution in [0.3, 0.4) is 0 Å². The van der Waals surface area contributed by atoms with Gasteiger partial charge in [-0.25, -0.2) is 10.5 Å². The quantitative estimate of drug-likeness (QED) is 0.274. The molecule has 0 saturated carbocycles. The second-order valence-electron chi connectivity index (χ2n) is 4.92. The Kier molecular flexibility index (Phi) is 5.84. The van der Waals surface area contributed by atoms with Crippen LogP contribution in [0.4, 0.5) is 5.95 Å². The van der Waals surface area contributed by atoms with E-state index in [4.69, 9.17) is 4.74 Å². The first-order valence-corrected chi connectivity index (χ1v) is 8.60. The topological polar surface area (TPSA) is 75.2 Å². The van der Waals surface area contributed by atoms with Gasteiger partial charge in [0.25, 0.3) is 0 Å². The number of nitrogens with zero attached hydrogens (tertiary/aromatic N) is 3. The van der Waals surface area contributed by atoms with Crippen LogP contribution in [0.5, 0.6) is 11.5 Å². The number of hydrogen-bond acceptors (Lipinski definition) is 6. The van der Waals surface area contributed by atoms with Gasteiger partial charge in [0, 0.05) is 5.75 Å². The van der Waals surface area contributed by atoms with Crippen LogP contribution in [0.2, 0.25) is 0 Å². The first-order chi connectivity index (χ1) is 12.3. The molecule has 0 fully saturated rings. The van der Waals surface area contributed by atoms with Crippen LogP contribution in [0.25, 0.3) is 0 Å². The number of aromatic amines is 1. The molecule has 7 heteroatoms. The fourth-order valence-electron chi connectivity index (χ4n) is 1.95. The van der Waals surface area contributed by atoms with Gasteiger partial charge in [0.15, 0.2) is 0 Å². The lowest BCUT2D eigenvalue weighted by Crippen LogP contribution is -1.93. The fourth-order valence-corrected chi connectivity index (χ4v) is 2.48. The molecule has 0 aliphatic rings. The maximum Gasteiger partial charge on any atom is 0.240 e. The molecular formula is C18H17N5OS. The molecule has 0 saturated heterocycles. The molecule has 0 aliphatic carbocycles. The molecule has 126 valence electrons. The predicted molar refractivity (Wildman–Crippen MR) is 101 cm³/mol. The van der Waals surface area contributed by atoms with Crippen LogP contribution in [-0.4, -0.2) is 27.1 Å². The first-order valence-electron chi connectivity index (χ1n) is 7.61. The zero-order chi connectivity index (χ0) is 17.3. The third kappa shape index (κ3) is 5.22. The Morgan fingerprint density at radius 2 is 2.00 bits per heavy atom. The average Bonchev–Trinajstić information content (AvgIpc) is 3.09. The zero-order valence-corrected chi connectivity index (χ0v) is 14.2. The summed E-state index contributed by atoms with van der Waals surface area (Å²) in [7, 11) is 0. The lowest BCUT2D eigenvalue weighted by molar-refractivity contribution is 0.482. The van der Waals surface area contributed by atoms with Gasteiger partial charge in [0.1, 0.15) is 11.5 Å². The molecule has 0 amide bonds. The molecule has 1 aromatic heterocycles. The number of benzene rings is 2. The monoisotopic (exact) mass is 351 g/mol. The van der Waals surface area contributed by atoms with E-state index in [0.29, 0.717) is 11.1 Å². The molecule has 6 nitrogen and oxygen atoms in total. The molecule has 25 heavy (non-hydrogen) atoms. The maximum absolute atomic E-state index is 5.80. The van der Waals surface area contributed by atoms with Crippen molar-refractivity contribution in [2.24, 2.45) is 5.10 Å². The second kappa shape index (κ2) is 8.70. The Morgan fingerprint density at radius 1 is 1.16 bits per heavy atom. The van der Waals surface area contributed by atoms with Crippen LogP contribution in [0.15, 0.2) is 77.5 Å². The second-order valence-corrected chi connectivity index (χ2v) is 5.91. The van der Waals surface area contributed by atoms with Crippen molar-refractivity contribution in [2.75, 3.05) is 11.2 Å². The summed E-state index contributed by atoms with van der Waals surface area (Å²) in [6, 6.07) is 17.3. The Hall–Kier alpha value is -3.06. The molecule has 0 bridgehead atoms. The summed E-state index contributed by atoms with van der Waals surface area (Å²) in [5.41, 5.74) is 3.72. The Balaban J connectivity index is 1.59. The van der Waals surface area contributed by atoms with Crippen LogP contribution in [0.1, 0.15) is 5.56 Å². The summed E-state index contributed by atoms with van der Waals surface area (Å²) in [5, 5.41) is 11.7. The highest BCUT2D eigenvalue weighted by atomic mass is 32.2. The standard InChI is InChI=1S/C18H17N5OS/c1-2-11-25-18-20-17(22-23-18)21-19-13-14-7-6-10-16(12-14)24-15-8-4-3-5-9-15/h2-10,12-13H,1,11H2,(H2,20,21,22,23)/b19-13-. The van der Waals surface area contributed by atoms with Crippen LogP contribution in [0, 0.1) is 0 Å². The highest BCUT2D eigenvalue weighted by Gasteiger charge is 2.01. The molecule has 2 aromatic carbocycles. The van der Waals surface area contributed by atoms with Gasteiger partial charge in [0.05, 0.1) is 6.21 Å². The van der Waals surface area contributed by atoms with E-state index >= 15 is 0 Å². The summed E-state index contributed by atoms with van der Waals surface area (Å²) in [4.78, 5) is 4.25. The molecule has 3 rings (SSSR count). The highest BCUT2D eigenvalue weighted by Crippen LogP contribution is 2.21. The maximum atomic E-state index is 5.80. The molecule has 0 aliphatic heterocycles. The average molecular weight is 351 g/mol. The summed E-state index contributed by atoms with van der Waals surface area (Å²) >= 11 is 1.49. The number of anilines is 1. The Labute approximate surface area is 150 Å². The third-order valence-electron chi connectivity index (χ3n) is 3.02. The SMILES string of the molecule is C=CCSc1n[nH]c(N/N=C\c2cccc(Oc3ccccc3)c2)n1. The highest BCUT2D eigenvalue weighted by molar-refractivity contribution is 7.99. The minimum Gasteiger partial charge on any atom is -0.457 e. The van der Waals surface area contributed by atoms with Crippen molar-refractivity contribution in [3.8, 4) is 11.5 Å². The molecule has 2 N–H and O–H groups in total.